The first kappa shape index (κ1) is 17.9. The van der Waals surface area contributed by atoms with E-state index >= 15 is 0 Å². The van der Waals surface area contributed by atoms with Crippen molar-refractivity contribution in [2.75, 3.05) is 25.0 Å². The number of halogens is 1. The van der Waals surface area contributed by atoms with Crippen LogP contribution in [0.5, 0.6) is 0 Å². The second-order valence-electron chi connectivity index (χ2n) is 4.77. The van der Waals surface area contributed by atoms with Crippen molar-refractivity contribution in [3.8, 4) is 0 Å². The van der Waals surface area contributed by atoms with Gasteiger partial charge in [0, 0.05) is 29.8 Å². The summed E-state index contributed by atoms with van der Waals surface area (Å²) >= 11 is 3.36. The molecular formula is C15H24BrN3O2. The molecule has 5 nitrogen and oxygen atoms in total. The lowest BCUT2D eigenvalue weighted by Crippen LogP contribution is -2.42. The van der Waals surface area contributed by atoms with Crippen LogP contribution in [0, 0.1) is 0 Å². The number of carbonyl (C=O) groups is 1. The van der Waals surface area contributed by atoms with Crippen LogP contribution in [0.25, 0.3) is 0 Å². The molecular weight excluding hydrogens is 334 g/mol. The number of carbonyl (C=O) groups excluding carboxylic acids is 1. The maximum Gasteiger partial charge on any atom is 0.257 e. The van der Waals surface area contributed by atoms with Crippen molar-refractivity contribution < 1.29 is 9.90 Å². The van der Waals surface area contributed by atoms with Gasteiger partial charge in [0.2, 0.25) is 0 Å². The number of hydrogen-bond acceptors (Lipinski definition) is 4. The highest BCUT2D eigenvalue weighted by Crippen LogP contribution is 2.22. The second-order valence-corrected chi connectivity index (χ2v) is 5.69. The fourth-order valence-corrected chi connectivity index (χ4v) is 2.68. The molecule has 0 aliphatic heterocycles. The Labute approximate surface area is 134 Å². The normalized spacial score (nSPS) is 10.8. The van der Waals surface area contributed by atoms with Crippen LogP contribution in [-0.4, -0.2) is 46.6 Å². The van der Waals surface area contributed by atoms with Gasteiger partial charge in [0.15, 0.2) is 0 Å². The molecule has 2 N–H and O–H groups in total. The van der Waals surface area contributed by atoms with Gasteiger partial charge >= 0.3 is 0 Å². The van der Waals surface area contributed by atoms with E-state index in [4.69, 9.17) is 0 Å². The number of aliphatic hydroxyl groups is 1. The fraction of sp³-hybridized carbons (Fsp3) is 0.600. The van der Waals surface area contributed by atoms with Crippen molar-refractivity contribution in [2.24, 2.45) is 0 Å². The Kier molecular flexibility index (Phi) is 7.67. The van der Waals surface area contributed by atoms with Crippen molar-refractivity contribution in [1.29, 1.82) is 0 Å². The molecule has 1 aromatic rings. The van der Waals surface area contributed by atoms with E-state index in [0.29, 0.717) is 24.5 Å². The lowest BCUT2D eigenvalue weighted by Gasteiger charge is -2.30. The van der Waals surface area contributed by atoms with Crippen LogP contribution < -0.4 is 5.32 Å². The van der Waals surface area contributed by atoms with E-state index in [-0.39, 0.29) is 18.6 Å². The highest BCUT2D eigenvalue weighted by atomic mass is 79.9. The third-order valence-electron chi connectivity index (χ3n) is 3.41. The van der Waals surface area contributed by atoms with E-state index in [1.165, 1.54) is 0 Å². The van der Waals surface area contributed by atoms with Crippen molar-refractivity contribution in [2.45, 2.75) is 39.7 Å². The molecule has 0 bridgehead atoms. The number of aliphatic hydroxyl groups excluding tert-OH is 1. The molecule has 0 radical (unpaired) electrons. The summed E-state index contributed by atoms with van der Waals surface area (Å²) in [6.07, 6.45) is 3.39. The van der Waals surface area contributed by atoms with Gasteiger partial charge in [-0.2, -0.15) is 0 Å². The van der Waals surface area contributed by atoms with Crippen LogP contribution in [0.2, 0.25) is 0 Å². The molecule has 0 fully saturated rings. The lowest BCUT2D eigenvalue weighted by atomic mass is 10.1. The van der Waals surface area contributed by atoms with Gasteiger partial charge in [0.1, 0.15) is 5.82 Å². The third kappa shape index (κ3) is 4.68. The standard InChI is InChI=1S/C15H24BrN3O2/c1-4-12(5-2)19(7-8-20)15(21)13-9-11(16)10-18-14(13)17-6-3/h9-10,12,20H,4-8H2,1-3H3,(H,17,18). The summed E-state index contributed by atoms with van der Waals surface area (Å²) in [6, 6.07) is 1.90. The average Bonchev–Trinajstić information content (AvgIpc) is 2.49. The summed E-state index contributed by atoms with van der Waals surface area (Å²) in [4.78, 5) is 18.9. The summed E-state index contributed by atoms with van der Waals surface area (Å²) in [7, 11) is 0. The average molecular weight is 358 g/mol. The zero-order valence-corrected chi connectivity index (χ0v) is 14.5. The highest BCUT2D eigenvalue weighted by molar-refractivity contribution is 9.10. The number of hydrogen-bond donors (Lipinski definition) is 2. The molecule has 1 amide bonds. The molecule has 21 heavy (non-hydrogen) atoms. The number of nitrogens with one attached hydrogen (secondary N) is 1. The molecule has 1 heterocycles. The largest absolute Gasteiger partial charge is 0.395 e. The number of anilines is 1. The molecule has 118 valence electrons. The minimum Gasteiger partial charge on any atom is -0.395 e. The molecule has 0 aliphatic rings. The first-order valence-corrected chi connectivity index (χ1v) is 8.19. The predicted octanol–water partition coefficient (Wildman–Crippen LogP) is 2.90. The van der Waals surface area contributed by atoms with E-state index in [1.54, 1.807) is 17.2 Å². The number of pyridine rings is 1. The minimum absolute atomic E-state index is 0.0415. The van der Waals surface area contributed by atoms with E-state index in [0.717, 1.165) is 17.3 Å². The molecule has 6 heteroatoms. The predicted molar refractivity (Wildman–Crippen MR) is 88.6 cm³/mol. The maximum absolute atomic E-state index is 12.9. The molecule has 0 saturated carbocycles. The van der Waals surface area contributed by atoms with Gasteiger partial charge in [-0.1, -0.05) is 13.8 Å². The van der Waals surface area contributed by atoms with Gasteiger partial charge in [-0.15, -0.1) is 0 Å². The summed E-state index contributed by atoms with van der Waals surface area (Å²) in [5, 5.41) is 12.4. The zero-order chi connectivity index (χ0) is 15.8. The number of amides is 1. The van der Waals surface area contributed by atoms with E-state index in [1.807, 2.05) is 6.92 Å². The van der Waals surface area contributed by atoms with Crippen molar-refractivity contribution in [3.63, 3.8) is 0 Å². The second kappa shape index (κ2) is 9.00. The van der Waals surface area contributed by atoms with Crippen molar-refractivity contribution >= 4 is 27.7 Å². The van der Waals surface area contributed by atoms with E-state index in [9.17, 15) is 9.90 Å². The van der Waals surface area contributed by atoms with E-state index < -0.39 is 0 Å². The highest BCUT2D eigenvalue weighted by Gasteiger charge is 2.24. The molecule has 0 saturated heterocycles. The number of rotatable bonds is 8. The van der Waals surface area contributed by atoms with Crippen molar-refractivity contribution in [3.05, 3.63) is 22.3 Å². The smallest absolute Gasteiger partial charge is 0.257 e. The van der Waals surface area contributed by atoms with Gasteiger partial charge in [0.25, 0.3) is 5.91 Å². The first-order chi connectivity index (χ1) is 10.1. The third-order valence-corrected chi connectivity index (χ3v) is 3.85. The van der Waals surface area contributed by atoms with Crippen molar-refractivity contribution in [1.82, 2.24) is 9.88 Å². The van der Waals surface area contributed by atoms with Gasteiger partial charge in [0.05, 0.1) is 12.2 Å². The molecule has 0 unspecified atom stereocenters. The molecule has 0 aromatic carbocycles. The van der Waals surface area contributed by atoms with Gasteiger partial charge in [-0.25, -0.2) is 4.98 Å². The molecule has 1 aromatic heterocycles. The zero-order valence-electron chi connectivity index (χ0n) is 12.9. The van der Waals surface area contributed by atoms with Gasteiger partial charge in [-0.05, 0) is 41.8 Å². The maximum atomic E-state index is 12.9. The Hall–Kier alpha value is -1.14. The Bertz CT molecular complexity index is 464. The first-order valence-electron chi connectivity index (χ1n) is 7.40. The van der Waals surface area contributed by atoms with Crippen LogP contribution in [0.1, 0.15) is 44.0 Å². The topological polar surface area (TPSA) is 65.5 Å². The van der Waals surface area contributed by atoms with Gasteiger partial charge < -0.3 is 15.3 Å². The summed E-state index contributed by atoms with van der Waals surface area (Å²) in [6.45, 7) is 7.06. The van der Waals surface area contributed by atoms with Crippen LogP contribution in [0.15, 0.2) is 16.7 Å². The molecule has 0 aliphatic carbocycles. The molecule has 1 rings (SSSR count). The number of aromatic nitrogens is 1. The van der Waals surface area contributed by atoms with E-state index in [2.05, 4.69) is 40.1 Å². The quantitative estimate of drug-likeness (QED) is 0.750. The summed E-state index contributed by atoms with van der Waals surface area (Å²) in [5.41, 5.74) is 0.534. The molecule has 0 spiro atoms. The summed E-state index contributed by atoms with van der Waals surface area (Å²) < 4.78 is 0.765. The van der Waals surface area contributed by atoms with Crippen LogP contribution in [0.4, 0.5) is 5.82 Å². The SMILES string of the molecule is CCNc1ncc(Br)cc1C(=O)N(CCO)C(CC)CC. The fourth-order valence-electron chi connectivity index (χ4n) is 2.35. The van der Waals surface area contributed by atoms with Crippen LogP contribution >= 0.6 is 15.9 Å². The lowest BCUT2D eigenvalue weighted by molar-refractivity contribution is 0.0623. The Morgan fingerprint density at radius 2 is 2.10 bits per heavy atom. The Balaban J connectivity index is 3.15. The monoisotopic (exact) mass is 357 g/mol. The molecule has 0 atom stereocenters. The Morgan fingerprint density at radius 1 is 1.43 bits per heavy atom. The van der Waals surface area contributed by atoms with Crippen LogP contribution in [0.3, 0.4) is 0 Å². The van der Waals surface area contributed by atoms with Gasteiger partial charge in [-0.3, -0.25) is 4.79 Å². The minimum atomic E-state index is -0.0949. The van der Waals surface area contributed by atoms with Crippen LogP contribution in [-0.2, 0) is 0 Å². The number of nitrogens with zero attached hydrogens (tertiary/aromatic N) is 2. The Morgan fingerprint density at radius 3 is 2.62 bits per heavy atom. The summed E-state index contributed by atoms with van der Waals surface area (Å²) in [5.74, 6) is 0.488.